The number of nitrogens with zero attached hydrogens (tertiary/aromatic N) is 4. The van der Waals surface area contributed by atoms with Crippen molar-refractivity contribution in [1.82, 2.24) is 15.0 Å². The van der Waals surface area contributed by atoms with Crippen LogP contribution in [0.2, 0.25) is 0 Å². The minimum absolute atomic E-state index is 0.0764. The van der Waals surface area contributed by atoms with Gasteiger partial charge in [-0.25, -0.2) is 9.97 Å². The summed E-state index contributed by atoms with van der Waals surface area (Å²) in [6, 6.07) is 3.83. The van der Waals surface area contributed by atoms with Gasteiger partial charge in [0.2, 0.25) is 5.95 Å². The molecule has 0 aromatic carbocycles. The van der Waals surface area contributed by atoms with Crippen LogP contribution in [-0.4, -0.2) is 46.4 Å². The van der Waals surface area contributed by atoms with Gasteiger partial charge in [0.1, 0.15) is 11.9 Å². The maximum absolute atomic E-state index is 6.22. The molecule has 25 heavy (non-hydrogen) atoms. The lowest BCUT2D eigenvalue weighted by atomic mass is 9.89. The lowest BCUT2D eigenvalue weighted by Crippen LogP contribution is -2.48. The van der Waals surface area contributed by atoms with E-state index in [0.29, 0.717) is 6.61 Å². The Hall–Kier alpha value is -2.21. The van der Waals surface area contributed by atoms with Crippen LogP contribution in [-0.2, 0) is 11.2 Å². The van der Waals surface area contributed by atoms with Crippen molar-refractivity contribution in [1.29, 1.82) is 0 Å². The minimum Gasteiger partial charge on any atom is -0.486 e. The second-order valence-electron chi connectivity index (χ2n) is 6.90. The highest BCUT2D eigenvalue weighted by Gasteiger charge is 2.45. The largest absolute Gasteiger partial charge is 0.486 e. The second-order valence-corrected chi connectivity index (χ2v) is 6.90. The molecule has 2 saturated heterocycles. The Balaban J connectivity index is 1.42. The zero-order valence-electron chi connectivity index (χ0n) is 14.6. The van der Waals surface area contributed by atoms with Gasteiger partial charge in [0, 0.05) is 38.1 Å². The number of anilines is 1. The van der Waals surface area contributed by atoms with E-state index in [1.54, 1.807) is 12.4 Å². The van der Waals surface area contributed by atoms with Gasteiger partial charge in [-0.15, -0.1) is 0 Å². The molecule has 0 amide bonds. The lowest BCUT2D eigenvalue weighted by molar-refractivity contribution is -0.00845. The number of aromatic nitrogens is 3. The predicted octanol–water partition coefficient (Wildman–Crippen LogP) is 2.64. The van der Waals surface area contributed by atoms with E-state index in [1.807, 2.05) is 24.5 Å². The molecule has 0 N–H and O–H groups in total. The second kappa shape index (κ2) is 6.96. The Bertz CT molecular complexity index is 694. The lowest BCUT2D eigenvalue weighted by Gasteiger charge is -2.39. The number of pyridine rings is 1. The number of hydrogen-bond acceptors (Lipinski definition) is 6. The monoisotopic (exact) mass is 340 g/mol. The van der Waals surface area contributed by atoms with E-state index in [9.17, 15) is 0 Å². The Kier molecular flexibility index (Phi) is 4.53. The fraction of sp³-hybridized carbons (Fsp3) is 0.526. The number of ether oxygens (including phenoxy) is 2. The van der Waals surface area contributed by atoms with Crippen LogP contribution in [0.15, 0.2) is 36.9 Å². The molecule has 0 radical (unpaired) electrons. The number of aryl methyl sites for hydroxylation is 1. The molecule has 1 spiro atoms. The normalized spacial score (nSPS) is 26.1. The van der Waals surface area contributed by atoms with Gasteiger partial charge in [-0.05, 0) is 37.0 Å². The van der Waals surface area contributed by atoms with Gasteiger partial charge in [-0.2, -0.15) is 0 Å². The first kappa shape index (κ1) is 16.3. The average Bonchev–Trinajstić information content (AvgIpc) is 3.04. The molecule has 0 unspecified atom stereocenters. The third-order valence-corrected chi connectivity index (χ3v) is 5.03. The summed E-state index contributed by atoms with van der Waals surface area (Å²) < 4.78 is 12.3. The highest BCUT2D eigenvalue weighted by atomic mass is 16.6. The van der Waals surface area contributed by atoms with Gasteiger partial charge < -0.3 is 14.4 Å². The van der Waals surface area contributed by atoms with Gasteiger partial charge in [0.15, 0.2) is 0 Å². The first-order valence-corrected chi connectivity index (χ1v) is 9.03. The van der Waals surface area contributed by atoms with Crippen molar-refractivity contribution in [2.75, 3.05) is 24.6 Å². The molecule has 0 saturated carbocycles. The summed E-state index contributed by atoms with van der Waals surface area (Å²) in [5, 5.41) is 0. The third-order valence-electron chi connectivity index (χ3n) is 5.03. The van der Waals surface area contributed by atoms with E-state index >= 15 is 0 Å². The first-order chi connectivity index (χ1) is 12.3. The van der Waals surface area contributed by atoms with Crippen molar-refractivity contribution < 1.29 is 9.47 Å². The molecule has 2 aromatic heterocycles. The molecule has 4 heterocycles. The molecular weight excluding hydrogens is 316 g/mol. The van der Waals surface area contributed by atoms with Crippen LogP contribution in [0.25, 0.3) is 0 Å². The maximum Gasteiger partial charge on any atom is 0.225 e. The van der Waals surface area contributed by atoms with Crippen LogP contribution in [0.4, 0.5) is 5.95 Å². The summed E-state index contributed by atoms with van der Waals surface area (Å²) in [6.45, 7) is 4.54. The van der Waals surface area contributed by atoms with E-state index in [0.717, 1.165) is 56.0 Å². The first-order valence-electron chi connectivity index (χ1n) is 9.03. The average molecular weight is 340 g/mol. The molecule has 0 aliphatic carbocycles. The quantitative estimate of drug-likeness (QED) is 0.853. The molecule has 2 aliphatic heterocycles. The predicted molar refractivity (Wildman–Crippen MR) is 94.8 cm³/mol. The van der Waals surface area contributed by atoms with Crippen LogP contribution in [0.1, 0.15) is 31.7 Å². The number of rotatable bonds is 4. The van der Waals surface area contributed by atoms with Crippen LogP contribution < -0.4 is 9.64 Å². The van der Waals surface area contributed by atoms with Crippen molar-refractivity contribution in [3.63, 3.8) is 0 Å². The van der Waals surface area contributed by atoms with Crippen LogP contribution in [0.5, 0.6) is 5.75 Å². The molecule has 2 fully saturated rings. The van der Waals surface area contributed by atoms with Crippen molar-refractivity contribution >= 4 is 5.95 Å². The standard InChI is InChI=1S/C19H24N4O2/c1-2-15-10-21-18(22-11-15)23-8-4-6-19(14-23)9-17(13-24-19)25-16-5-3-7-20-12-16/h3,5,7,10-12,17H,2,4,6,8-9,13-14H2,1H3/t17-,19-/m1/s1. The third kappa shape index (κ3) is 3.58. The van der Waals surface area contributed by atoms with E-state index in [4.69, 9.17) is 9.47 Å². The van der Waals surface area contributed by atoms with Crippen molar-refractivity contribution in [2.24, 2.45) is 0 Å². The van der Waals surface area contributed by atoms with E-state index in [1.165, 1.54) is 0 Å². The Labute approximate surface area is 148 Å². The summed E-state index contributed by atoms with van der Waals surface area (Å²) in [5.74, 6) is 1.61. The number of hydrogen-bond donors (Lipinski definition) is 0. The molecule has 2 atom stereocenters. The zero-order valence-corrected chi connectivity index (χ0v) is 14.6. The van der Waals surface area contributed by atoms with E-state index in [-0.39, 0.29) is 11.7 Å². The summed E-state index contributed by atoms with van der Waals surface area (Å²) >= 11 is 0. The van der Waals surface area contributed by atoms with Gasteiger partial charge >= 0.3 is 0 Å². The fourth-order valence-corrected chi connectivity index (χ4v) is 3.73. The Morgan fingerprint density at radius 1 is 1.32 bits per heavy atom. The van der Waals surface area contributed by atoms with Gasteiger partial charge in [-0.3, -0.25) is 4.98 Å². The molecule has 6 heteroatoms. The van der Waals surface area contributed by atoms with Crippen molar-refractivity contribution in [2.45, 2.75) is 44.3 Å². The Morgan fingerprint density at radius 3 is 2.96 bits per heavy atom. The summed E-state index contributed by atoms with van der Waals surface area (Å²) in [6.07, 6.45) is 11.4. The number of piperidine rings is 1. The van der Waals surface area contributed by atoms with Crippen LogP contribution in [0.3, 0.4) is 0 Å². The smallest absolute Gasteiger partial charge is 0.225 e. The highest BCUT2D eigenvalue weighted by molar-refractivity contribution is 5.32. The fourth-order valence-electron chi connectivity index (χ4n) is 3.73. The molecule has 2 aliphatic rings. The van der Waals surface area contributed by atoms with Gasteiger partial charge in [-0.1, -0.05) is 6.92 Å². The van der Waals surface area contributed by atoms with E-state index in [2.05, 4.69) is 26.8 Å². The van der Waals surface area contributed by atoms with Crippen molar-refractivity contribution in [3.05, 3.63) is 42.5 Å². The Morgan fingerprint density at radius 2 is 2.20 bits per heavy atom. The highest BCUT2D eigenvalue weighted by Crippen LogP contribution is 2.36. The summed E-state index contributed by atoms with van der Waals surface area (Å²) in [5.41, 5.74) is 1.01. The molecular formula is C19H24N4O2. The minimum atomic E-state index is -0.155. The molecule has 4 rings (SSSR count). The molecule has 2 aromatic rings. The van der Waals surface area contributed by atoms with Gasteiger partial charge in [0.25, 0.3) is 0 Å². The molecule has 6 nitrogen and oxygen atoms in total. The SMILES string of the molecule is CCc1cnc(N2CCC[C@@]3(C[C@@H](Oc4cccnc4)CO3)C2)nc1. The van der Waals surface area contributed by atoms with E-state index < -0.39 is 0 Å². The summed E-state index contributed by atoms with van der Waals surface area (Å²) in [4.78, 5) is 15.4. The van der Waals surface area contributed by atoms with Crippen LogP contribution >= 0.6 is 0 Å². The van der Waals surface area contributed by atoms with Gasteiger partial charge in [0.05, 0.1) is 18.4 Å². The zero-order chi connectivity index (χ0) is 17.1. The van der Waals surface area contributed by atoms with Crippen molar-refractivity contribution in [3.8, 4) is 5.75 Å². The topological polar surface area (TPSA) is 60.4 Å². The maximum atomic E-state index is 6.22. The summed E-state index contributed by atoms with van der Waals surface area (Å²) in [7, 11) is 0. The molecule has 0 bridgehead atoms. The molecule has 132 valence electrons. The van der Waals surface area contributed by atoms with Crippen LogP contribution in [0, 0.1) is 0 Å².